The minimum Gasteiger partial charge on any atom is -0.382 e. The molecular formula is C18H19N5OS. The van der Waals surface area contributed by atoms with Crippen LogP contribution >= 0.6 is 11.3 Å². The van der Waals surface area contributed by atoms with Crippen molar-refractivity contribution >= 4 is 34.4 Å². The van der Waals surface area contributed by atoms with Crippen LogP contribution in [0.15, 0.2) is 42.7 Å². The van der Waals surface area contributed by atoms with Crippen LogP contribution in [0, 0.1) is 13.8 Å². The normalized spacial score (nSPS) is 10.5. The molecule has 0 aromatic carbocycles. The molecule has 0 saturated carbocycles. The lowest BCUT2D eigenvalue weighted by Crippen LogP contribution is -2.13. The Balaban J connectivity index is 1.68. The fourth-order valence-electron chi connectivity index (χ4n) is 2.46. The summed E-state index contributed by atoms with van der Waals surface area (Å²) in [5, 5.41) is 6.12. The predicted octanol–water partition coefficient (Wildman–Crippen LogP) is 3.60. The number of carbonyl (C=O) groups is 1. The quantitative estimate of drug-likeness (QED) is 0.652. The molecule has 4 N–H and O–H groups in total. The molecule has 3 aromatic rings. The average Bonchev–Trinajstić information content (AvgIpc) is 2.93. The summed E-state index contributed by atoms with van der Waals surface area (Å²) in [7, 11) is 0. The third kappa shape index (κ3) is 4.13. The molecule has 0 aliphatic rings. The summed E-state index contributed by atoms with van der Waals surface area (Å²) in [4.78, 5) is 22.9. The van der Waals surface area contributed by atoms with E-state index >= 15 is 0 Å². The first-order chi connectivity index (χ1) is 12.0. The number of amides is 1. The second kappa shape index (κ2) is 7.31. The molecule has 0 fully saturated rings. The number of nitrogens with one attached hydrogen (secondary N) is 2. The van der Waals surface area contributed by atoms with Gasteiger partial charge in [0.25, 0.3) is 5.91 Å². The van der Waals surface area contributed by atoms with Crippen LogP contribution in [-0.4, -0.2) is 15.9 Å². The zero-order chi connectivity index (χ0) is 17.8. The molecule has 3 aromatic heterocycles. The number of hydrogen-bond donors (Lipinski definition) is 3. The zero-order valence-electron chi connectivity index (χ0n) is 14.0. The Kier molecular flexibility index (Phi) is 4.95. The van der Waals surface area contributed by atoms with E-state index in [9.17, 15) is 4.79 Å². The van der Waals surface area contributed by atoms with Crippen molar-refractivity contribution in [3.63, 3.8) is 0 Å². The molecule has 0 radical (unpaired) electrons. The average molecular weight is 353 g/mol. The maximum absolute atomic E-state index is 12.4. The standard InChI is InChI=1S/C18H19N5OS/c1-11-8-15(12(2)25-11)18(24)23-13-5-7-20-14(9-13)10-22-16-4-3-6-21-17(16)19/h3-9,22H,10H2,1-2H3,(H2,19,21)(H,20,23,24). The highest BCUT2D eigenvalue weighted by molar-refractivity contribution is 7.12. The molecule has 0 spiro atoms. The van der Waals surface area contributed by atoms with E-state index in [0.29, 0.717) is 23.6 Å². The first-order valence-corrected chi connectivity index (χ1v) is 8.62. The number of anilines is 3. The van der Waals surface area contributed by atoms with Crippen LogP contribution in [0.4, 0.5) is 17.2 Å². The molecule has 128 valence electrons. The van der Waals surface area contributed by atoms with E-state index in [-0.39, 0.29) is 5.91 Å². The number of thiophene rings is 1. The molecule has 3 heterocycles. The molecule has 0 aliphatic carbocycles. The fraction of sp³-hybridized carbons (Fsp3) is 0.167. The third-order valence-electron chi connectivity index (χ3n) is 3.66. The van der Waals surface area contributed by atoms with Gasteiger partial charge >= 0.3 is 0 Å². The van der Waals surface area contributed by atoms with Gasteiger partial charge in [0.1, 0.15) is 5.82 Å². The molecule has 0 unspecified atom stereocenters. The van der Waals surface area contributed by atoms with Crippen molar-refractivity contribution in [3.8, 4) is 0 Å². The summed E-state index contributed by atoms with van der Waals surface area (Å²) >= 11 is 1.62. The minimum atomic E-state index is -0.108. The largest absolute Gasteiger partial charge is 0.382 e. The molecule has 0 aliphatic heterocycles. The van der Waals surface area contributed by atoms with Crippen molar-refractivity contribution in [3.05, 3.63) is 63.7 Å². The number of nitrogens with two attached hydrogens (primary N) is 1. The van der Waals surface area contributed by atoms with Gasteiger partial charge in [-0.3, -0.25) is 9.78 Å². The van der Waals surface area contributed by atoms with Gasteiger partial charge in [0.15, 0.2) is 0 Å². The number of nitrogen functional groups attached to an aromatic ring is 1. The van der Waals surface area contributed by atoms with Crippen molar-refractivity contribution in [2.45, 2.75) is 20.4 Å². The van der Waals surface area contributed by atoms with Crippen LogP contribution in [0.3, 0.4) is 0 Å². The Labute approximate surface area is 150 Å². The molecule has 25 heavy (non-hydrogen) atoms. The van der Waals surface area contributed by atoms with E-state index in [1.54, 1.807) is 29.8 Å². The van der Waals surface area contributed by atoms with Gasteiger partial charge < -0.3 is 16.4 Å². The highest BCUT2D eigenvalue weighted by Crippen LogP contribution is 2.22. The Morgan fingerprint density at radius 3 is 2.76 bits per heavy atom. The summed E-state index contributed by atoms with van der Waals surface area (Å²) in [6, 6.07) is 9.19. The molecular weight excluding hydrogens is 334 g/mol. The van der Waals surface area contributed by atoms with E-state index in [2.05, 4.69) is 20.6 Å². The summed E-state index contributed by atoms with van der Waals surface area (Å²) in [6.45, 7) is 4.43. The first kappa shape index (κ1) is 16.9. The van der Waals surface area contributed by atoms with Crippen molar-refractivity contribution < 1.29 is 4.79 Å². The van der Waals surface area contributed by atoms with Crippen molar-refractivity contribution in [2.75, 3.05) is 16.4 Å². The van der Waals surface area contributed by atoms with Crippen LogP contribution in [0.2, 0.25) is 0 Å². The number of pyridine rings is 2. The topological polar surface area (TPSA) is 92.9 Å². The predicted molar refractivity (Wildman–Crippen MR) is 102 cm³/mol. The number of hydrogen-bond acceptors (Lipinski definition) is 6. The van der Waals surface area contributed by atoms with Crippen molar-refractivity contribution in [1.82, 2.24) is 9.97 Å². The molecule has 6 nitrogen and oxygen atoms in total. The van der Waals surface area contributed by atoms with Gasteiger partial charge in [-0.25, -0.2) is 4.98 Å². The number of carbonyl (C=O) groups excluding carboxylic acids is 1. The van der Waals surface area contributed by atoms with Gasteiger partial charge in [0, 0.05) is 27.8 Å². The molecule has 0 saturated heterocycles. The summed E-state index contributed by atoms with van der Waals surface area (Å²) in [5.41, 5.74) is 8.77. The summed E-state index contributed by atoms with van der Waals surface area (Å²) < 4.78 is 0. The van der Waals surface area contributed by atoms with E-state index < -0.39 is 0 Å². The Morgan fingerprint density at radius 1 is 1.20 bits per heavy atom. The van der Waals surface area contributed by atoms with Crippen LogP contribution in [0.1, 0.15) is 25.8 Å². The number of aryl methyl sites for hydroxylation is 2. The van der Waals surface area contributed by atoms with Gasteiger partial charge in [0.2, 0.25) is 0 Å². The summed E-state index contributed by atoms with van der Waals surface area (Å²) in [5.74, 6) is 0.332. The van der Waals surface area contributed by atoms with Crippen molar-refractivity contribution in [2.24, 2.45) is 0 Å². The number of nitrogens with zero attached hydrogens (tertiary/aromatic N) is 2. The lowest BCUT2D eigenvalue weighted by atomic mass is 10.2. The minimum absolute atomic E-state index is 0.108. The first-order valence-electron chi connectivity index (χ1n) is 7.80. The second-order valence-electron chi connectivity index (χ2n) is 5.61. The van der Waals surface area contributed by atoms with Crippen LogP contribution in [0.25, 0.3) is 0 Å². The van der Waals surface area contributed by atoms with E-state index in [1.807, 2.05) is 38.1 Å². The Morgan fingerprint density at radius 2 is 2.04 bits per heavy atom. The number of aromatic nitrogens is 2. The lowest BCUT2D eigenvalue weighted by molar-refractivity contribution is 0.102. The maximum Gasteiger partial charge on any atom is 0.256 e. The Hall–Kier alpha value is -2.93. The van der Waals surface area contributed by atoms with Gasteiger partial charge in [-0.15, -0.1) is 11.3 Å². The molecule has 7 heteroatoms. The van der Waals surface area contributed by atoms with Gasteiger partial charge in [0.05, 0.1) is 23.5 Å². The van der Waals surface area contributed by atoms with E-state index in [0.717, 1.165) is 21.1 Å². The molecule has 1 amide bonds. The van der Waals surface area contributed by atoms with E-state index in [4.69, 9.17) is 5.73 Å². The van der Waals surface area contributed by atoms with Gasteiger partial charge in [-0.1, -0.05) is 0 Å². The van der Waals surface area contributed by atoms with E-state index in [1.165, 1.54) is 0 Å². The molecule has 0 atom stereocenters. The highest BCUT2D eigenvalue weighted by atomic mass is 32.1. The zero-order valence-corrected chi connectivity index (χ0v) is 14.9. The third-order valence-corrected chi connectivity index (χ3v) is 4.62. The lowest BCUT2D eigenvalue weighted by Gasteiger charge is -2.09. The maximum atomic E-state index is 12.4. The second-order valence-corrected chi connectivity index (χ2v) is 7.07. The van der Waals surface area contributed by atoms with Gasteiger partial charge in [-0.2, -0.15) is 0 Å². The molecule has 3 rings (SSSR count). The monoisotopic (exact) mass is 353 g/mol. The fourth-order valence-corrected chi connectivity index (χ4v) is 3.38. The van der Waals surface area contributed by atoms with Crippen LogP contribution in [-0.2, 0) is 6.54 Å². The number of rotatable bonds is 5. The van der Waals surface area contributed by atoms with Crippen molar-refractivity contribution in [1.29, 1.82) is 0 Å². The van der Waals surface area contributed by atoms with Crippen LogP contribution in [0.5, 0.6) is 0 Å². The summed E-state index contributed by atoms with van der Waals surface area (Å²) in [6.07, 6.45) is 3.31. The smallest absolute Gasteiger partial charge is 0.256 e. The highest BCUT2D eigenvalue weighted by Gasteiger charge is 2.12. The van der Waals surface area contributed by atoms with Crippen LogP contribution < -0.4 is 16.4 Å². The Bertz CT molecular complexity index is 906. The molecule has 0 bridgehead atoms. The SMILES string of the molecule is Cc1cc(C(=O)Nc2ccnc(CNc3cccnc3N)c2)c(C)s1. The van der Waals surface area contributed by atoms with Gasteiger partial charge in [-0.05, 0) is 44.2 Å².